The lowest BCUT2D eigenvalue weighted by atomic mass is 10.1. The maximum absolute atomic E-state index is 9.62. The van der Waals surface area contributed by atoms with Crippen LogP contribution in [0.3, 0.4) is 0 Å². The first-order valence-electron chi connectivity index (χ1n) is 5.34. The molecule has 17 heavy (non-hydrogen) atoms. The Hall–Kier alpha value is -1.46. The Morgan fingerprint density at radius 2 is 1.82 bits per heavy atom. The molecule has 4 N–H and O–H groups in total. The van der Waals surface area contributed by atoms with Crippen molar-refractivity contribution in [3.05, 3.63) is 17.7 Å². The van der Waals surface area contributed by atoms with E-state index in [4.69, 9.17) is 4.74 Å². The molecule has 0 unspecified atom stereocenters. The third kappa shape index (κ3) is 3.51. The molecule has 0 aromatic heterocycles. The molecule has 5 nitrogen and oxygen atoms in total. The zero-order valence-electron chi connectivity index (χ0n) is 10.3. The van der Waals surface area contributed by atoms with Gasteiger partial charge in [-0.25, -0.2) is 0 Å². The lowest BCUT2D eigenvalue weighted by Gasteiger charge is -2.25. The van der Waals surface area contributed by atoms with Crippen LogP contribution in [0.1, 0.15) is 19.4 Å². The number of phenolic OH excluding ortho intramolecular Hbond substituents is 3. The van der Waals surface area contributed by atoms with E-state index < -0.39 is 5.75 Å². The predicted octanol–water partition coefficient (Wildman–Crippen LogP) is 1.32. The van der Waals surface area contributed by atoms with Gasteiger partial charge in [0.15, 0.2) is 11.5 Å². The van der Waals surface area contributed by atoms with Crippen molar-refractivity contribution in [1.82, 2.24) is 5.32 Å². The second kappa shape index (κ2) is 5.25. The van der Waals surface area contributed by atoms with Gasteiger partial charge in [0, 0.05) is 24.8 Å². The Morgan fingerprint density at radius 1 is 1.18 bits per heavy atom. The highest BCUT2D eigenvalue weighted by Crippen LogP contribution is 2.36. The fourth-order valence-corrected chi connectivity index (χ4v) is 1.50. The van der Waals surface area contributed by atoms with Gasteiger partial charge in [0.25, 0.3) is 0 Å². The second-order valence-electron chi connectivity index (χ2n) is 4.61. The molecule has 0 bridgehead atoms. The topological polar surface area (TPSA) is 82.0 Å². The monoisotopic (exact) mass is 241 g/mol. The molecule has 0 fully saturated rings. The molecule has 0 aliphatic rings. The summed E-state index contributed by atoms with van der Waals surface area (Å²) in [5.74, 6) is -1.12. The fraction of sp³-hybridized carbons (Fsp3) is 0.500. The van der Waals surface area contributed by atoms with Crippen molar-refractivity contribution in [2.75, 3.05) is 13.7 Å². The van der Waals surface area contributed by atoms with Crippen molar-refractivity contribution in [3.8, 4) is 17.2 Å². The van der Waals surface area contributed by atoms with Gasteiger partial charge in [0.05, 0.1) is 6.61 Å². The first-order chi connectivity index (χ1) is 7.87. The van der Waals surface area contributed by atoms with E-state index in [-0.39, 0.29) is 17.0 Å². The molecule has 1 rings (SSSR count). The van der Waals surface area contributed by atoms with Crippen molar-refractivity contribution >= 4 is 0 Å². The lowest BCUT2D eigenvalue weighted by Crippen LogP contribution is -2.42. The number of phenols is 3. The quantitative estimate of drug-likeness (QED) is 0.584. The number of aromatic hydroxyl groups is 3. The minimum atomic E-state index is -0.492. The molecule has 96 valence electrons. The van der Waals surface area contributed by atoms with Gasteiger partial charge in [0.1, 0.15) is 0 Å². The van der Waals surface area contributed by atoms with Crippen LogP contribution in [0, 0.1) is 0 Å². The highest BCUT2D eigenvalue weighted by atomic mass is 16.5. The van der Waals surface area contributed by atoms with Gasteiger partial charge >= 0.3 is 0 Å². The standard InChI is InChI=1S/C12H19NO4/c1-12(2,7-17-3)13-6-8-4-5-9(14)11(16)10(8)15/h4-5,13-16H,6-7H2,1-3H3. The van der Waals surface area contributed by atoms with E-state index >= 15 is 0 Å². The number of ether oxygens (including phenoxy) is 1. The fourth-order valence-electron chi connectivity index (χ4n) is 1.50. The maximum atomic E-state index is 9.62. The van der Waals surface area contributed by atoms with Crippen molar-refractivity contribution in [2.45, 2.75) is 25.9 Å². The average Bonchev–Trinajstić information content (AvgIpc) is 2.25. The summed E-state index contributed by atoms with van der Waals surface area (Å²) >= 11 is 0. The molecule has 0 amide bonds. The number of hydrogen-bond donors (Lipinski definition) is 4. The predicted molar refractivity (Wildman–Crippen MR) is 64.2 cm³/mol. The molecule has 0 spiro atoms. The lowest BCUT2D eigenvalue weighted by molar-refractivity contribution is 0.127. The van der Waals surface area contributed by atoms with Crippen LogP contribution >= 0.6 is 0 Å². The molecule has 0 heterocycles. The molecule has 5 heteroatoms. The maximum Gasteiger partial charge on any atom is 0.200 e. The summed E-state index contributed by atoms with van der Waals surface area (Å²) < 4.78 is 5.05. The molecule has 0 saturated heterocycles. The first kappa shape index (κ1) is 13.6. The summed E-state index contributed by atoms with van der Waals surface area (Å²) in [7, 11) is 1.62. The largest absolute Gasteiger partial charge is 0.504 e. The van der Waals surface area contributed by atoms with E-state index in [1.807, 2.05) is 13.8 Å². The van der Waals surface area contributed by atoms with Crippen LogP contribution in [-0.4, -0.2) is 34.6 Å². The van der Waals surface area contributed by atoms with E-state index in [0.29, 0.717) is 18.7 Å². The van der Waals surface area contributed by atoms with Gasteiger partial charge in [-0.15, -0.1) is 0 Å². The number of nitrogens with one attached hydrogen (secondary N) is 1. The molecule has 1 aromatic carbocycles. The summed E-state index contributed by atoms with van der Waals surface area (Å²) in [5.41, 5.74) is 0.277. The minimum absolute atomic E-state index is 0.241. The first-order valence-corrected chi connectivity index (χ1v) is 5.34. The van der Waals surface area contributed by atoms with E-state index in [2.05, 4.69) is 5.32 Å². The summed E-state index contributed by atoms with van der Waals surface area (Å²) in [4.78, 5) is 0. The van der Waals surface area contributed by atoms with Crippen LogP contribution in [0.4, 0.5) is 0 Å². The average molecular weight is 241 g/mol. The van der Waals surface area contributed by atoms with E-state index in [9.17, 15) is 15.3 Å². The number of rotatable bonds is 5. The minimum Gasteiger partial charge on any atom is -0.504 e. The van der Waals surface area contributed by atoms with Crippen LogP contribution in [0.25, 0.3) is 0 Å². The Labute approximate surface area is 101 Å². The van der Waals surface area contributed by atoms with E-state index in [1.54, 1.807) is 13.2 Å². The molecule has 0 aliphatic heterocycles. The summed E-state index contributed by atoms with van der Waals surface area (Å²) in [5, 5.41) is 31.4. The van der Waals surface area contributed by atoms with Gasteiger partial charge in [-0.2, -0.15) is 0 Å². The van der Waals surface area contributed by atoms with E-state index in [1.165, 1.54) is 6.07 Å². The molecule has 0 aliphatic carbocycles. The van der Waals surface area contributed by atoms with Crippen molar-refractivity contribution < 1.29 is 20.1 Å². The number of benzene rings is 1. The molecular weight excluding hydrogens is 222 g/mol. The van der Waals surface area contributed by atoms with Crippen LogP contribution < -0.4 is 5.32 Å². The molecule has 1 aromatic rings. The van der Waals surface area contributed by atoms with Crippen molar-refractivity contribution in [1.29, 1.82) is 0 Å². The highest BCUT2D eigenvalue weighted by Gasteiger charge is 2.18. The smallest absolute Gasteiger partial charge is 0.200 e. The number of methoxy groups -OCH3 is 1. The van der Waals surface area contributed by atoms with Crippen LogP contribution in [0.15, 0.2) is 12.1 Å². The van der Waals surface area contributed by atoms with Gasteiger partial charge in [0.2, 0.25) is 5.75 Å². The molecule has 0 atom stereocenters. The Balaban J connectivity index is 2.73. The SMILES string of the molecule is COCC(C)(C)NCc1ccc(O)c(O)c1O. The van der Waals surface area contributed by atoms with Gasteiger partial charge in [-0.05, 0) is 19.9 Å². The van der Waals surface area contributed by atoms with Crippen molar-refractivity contribution in [3.63, 3.8) is 0 Å². The van der Waals surface area contributed by atoms with Crippen LogP contribution in [0.5, 0.6) is 17.2 Å². The van der Waals surface area contributed by atoms with Crippen molar-refractivity contribution in [2.24, 2.45) is 0 Å². The van der Waals surface area contributed by atoms with Gasteiger partial charge < -0.3 is 25.4 Å². The van der Waals surface area contributed by atoms with Crippen LogP contribution in [0.2, 0.25) is 0 Å². The third-order valence-electron chi connectivity index (χ3n) is 2.48. The Bertz CT molecular complexity index is 390. The van der Waals surface area contributed by atoms with Gasteiger partial charge in [-0.3, -0.25) is 0 Å². The zero-order valence-corrected chi connectivity index (χ0v) is 10.3. The van der Waals surface area contributed by atoms with Crippen LogP contribution in [-0.2, 0) is 11.3 Å². The highest BCUT2D eigenvalue weighted by molar-refractivity contribution is 5.53. The molecule has 0 saturated carbocycles. The van der Waals surface area contributed by atoms with E-state index in [0.717, 1.165) is 0 Å². The zero-order chi connectivity index (χ0) is 13.1. The summed E-state index contributed by atoms with van der Waals surface area (Å²) in [6.07, 6.45) is 0. The Morgan fingerprint density at radius 3 is 2.41 bits per heavy atom. The molecular formula is C12H19NO4. The second-order valence-corrected chi connectivity index (χ2v) is 4.61. The van der Waals surface area contributed by atoms with Gasteiger partial charge in [-0.1, -0.05) is 6.07 Å². The number of hydrogen-bond acceptors (Lipinski definition) is 5. The normalized spacial score (nSPS) is 11.7. The summed E-state index contributed by atoms with van der Waals surface area (Å²) in [6, 6.07) is 2.90. The Kier molecular flexibility index (Phi) is 4.20. The molecule has 0 radical (unpaired) electrons. The third-order valence-corrected chi connectivity index (χ3v) is 2.48. The summed E-state index contributed by atoms with van der Waals surface area (Å²) in [6.45, 7) is 4.83.